The van der Waals surface area contributed by atoms with Gasteiger partial charge < -0.3 is 14.9 Å². The Morgan fingerprint density at radius 2 is 2.31 bits per heavy atom. The number of methoxy groups -OCH3 is 1. The Labute approximate surface area is 74.5 Å². The van der Waals surface area contributed by atoms with Gasteiger partial charge in [-0.1, -0.05) is 0 Å². The molecule has 5 heteroatoms. The smallest absolute Gasteiger partial charge is 0.260 e. The predicted octanol–water partition coefficient (Wildman–Crippen LogP) is 1.69. The van der Waals surface area contributed by atoms with Crippen molar-refractivity contribution in [1.29, 1.82) is 0 Å². The van der Waals surface area contributed by atoms with Gasteiger partial charge in [0, 0.05) is 12.7 Å². The van der Waals surface area contributed by atoms with Crippen LogP contribution in [0.25, 0.3) is 0 Å². The van der Waals surface area contributed by atoms with E-state index in [4.69, 9.17) is 14.9 Å². The average Bonchev–Trinajstić information content (AvgIpc) is 2.52. The highest BCUT2D eigenvalue weighted by atomic mass is 19.3. The SMILES string of the molecule is COCc1ccoc1C(N)C(F)F. The maximum atomic E-state index is 12.2. The number of furan rings is 1. The zero-order chi connectivity index (χ0) is 9.84. The predicted molar refractivity (Wildman–Crippen MR) is 42.4 cm³/mol. The van der Waals surface area contributed by atoms with E-state index in [0.717, 1.165) is 0 Å². The Morgan fingerprint density at radius 3 is 2.85 bits per heavy atom. The molecule has 0 aliphatic carbocycles. The third kappa shape index (κ3) is 2.26. The molecule has 1 atom stereocenters. The summed E-state index contributed by atoms with van der Waals surface area (Å²) >= 11 is 0. The van der Waals surface area contributed by atoms with Crippen molar-refractivity contribution in [3.8, 4) is 0 Å². The van der Waals surface area contributed by atoms with Crippen molar-refractivity contribution in [2.75, 3.05) is 7.11 Å². The van der Waals surface area contributed by atoms with E-state index in [9.17, 15) is 8.78 Å². The van der Waals surface area contributed by atoms with Crippen molar-refractivity contribution >= 4 is 0 Å². The standard InChI is InChI=1S/C8H11F2NO2/c1-12-4-5-2-3-13-7(5)6(11)8(9)10/h2-3,6,8H,4,11H2,1H3. The van der Waals surface area contributed by atoms with Crippen LogP contribution in [0.2, 0.25) is 0 Å². The van der Waals surface area contributed by atoms with E-state index >= 15 is 0 Å². The van der Waals surface area contributed by atoms with Crippen molar-refractivity contribution in [2.24, 2.45) is 5.73 Å². The minimum atomic E-state index is -2.62. The lowest BCUT2D eigenvalue weighted by atomic mass is 10.1. The Morgan fingerprint density at radius 1 is 1.62 bits per heavy atom. The molecule has 0 fully saturated rings. The fourth-order valence-electron chi connectivity index (χ4n) is 1.03. The number of nitrogens with two attached hydrogens (primary N) is 1. The fourth-order valence-corrected chi connectivity index (χ4v) is 1.03. The van der Waals surface area contributed by atoms with Crippen LogP contribution in [0.5, 0.6) is 0 Å². The van der Waals surface area contributed by atoms with E-state index in [-0.39, 0.29) is 12.4 Å². The summed E-state index contributed by atoms with van der Waals surface area (Å²) in [5.74, 6) is 0.0943. The van der Waals surface area contributed by atoms with E-state index in [1.54, 1.807) is 6.07 Å². The van der Waals surface area contributed by atoms with Crippen LogP contribution in [0.1, 0.15) is 17.4 Å². The molecule has 0 aliphatic heterocycles. The van der Waals surface area contributed by atoms with E-state index in [2.05, 4.69) is 0 Å². The summed E-state index contributed by atoms with van der Waals surface area (Å²) in [5.41, 5.74) is 5.78. The summed E-state index contributed by atoms with van der Waals surface area (Å²) in [4.78, 5) is 0. The van der Waals surface area contributed by atoms with Crippen molar-refractivity contribution in [3.63, 3.8) is 0 Å². The summed E-state index contributed by atoms with van der Waals surface area (Å²) < 4.78 is 34.0. The van der Waals surface area contributed by atoms with Crippen LogP contribution in [-0.2, 0) is 11.3 Å². The van der Waals surface area contributed by atoms with Gasteiger partial charge >= 0.3 is 0 Å². The quantitative estimate of drug-likeness (QED) is 0.787. The van der Waals surface area contributed by atoms with Gasteiger partial charge in [0.05, 0.1) is 12.9 Å². The van der Waals surface area contributed by atoms with Gasteiger partial charge in [0.25, 0.3) is 6.43 Å². The third-order valence-electron chi connectivity index (χ3n) is 1.65. The van der Waals surface area contributed by atoms with Crippen LogP contribution in [0.15, 0.2) is 16.7 Å². The van der Waals surface area contributed by atoms with Crippen LogP contribution in [0.4, 0.5) is 8.78 Å². The molecular weight excluding hydrogens is 180 g/mol. The zero-order valence-corrected chi connectivity index (χ0v) is 7.17. The summed E-state index contributed by atoms with van der Waals surface area (Å²) in [6.45, 7) is 0.228. The van der Waals surface area contributed by atoms with Crippen LogP contribution in [-0.4, -0.2) is 13.5 Å². The second-order valence-electron chi connectivity index (χ2n) is 2.60. The van der Waals surface area contributed by atoms with Crippen LogP contribution < -0.4 is 5.73 Å². The van der Waals surface area contributed by atoms with Gasteiger partial charge in [0.15, 0.2) is 0 Å². The average molecular weight is 191 g/mol. The van der Waals surface area contributed by atoms with Crippen LogP contribution in [0, 0.1) is 0 Å². The molecule has 1 rings (SSSR count). The first-order chi connectivity index (χ1) is 6.16. The van der Waals surface area contributed by atoms with Gasteiger partial charge in [-0.25, -0.2) is 8.78 Å². The molecule has 0 saturated heterocycles. The number of ether oxygens (including phenoxy) is 1. The number of halogens is 2. The van der Waals surface area contributed by atoms with Gasteiger partial charge in [-0.3, -0.25) is 0 Å². The van der Waals surface area contributed by atoms with Crippen molar-refractivity contribution < 1.29 is 17.9 Å². The number of hydrogen-bond acceptors (Lipinski definition) is 3. The molecule has 1 unspecified atom stereocenters. The van der Waals surface area contributed by atoms with Gasteiger partial charge in [0.2, 0.25) is 0 Å². The highest BCUT2D eigenvalue weighted by Crippen LogP contribution is 2.23. The van der Waals surface area contributed by atoms with Crippen LogP contribution >= 0.6 is 0 Å². The van der Waals surface area contributed by atoms with E-state index < -0.39 is 12.5 Å². The Bertz CT molecular complexity index is 262. The molecule has 3 nitrogen and oxygen atoms in total. The molecule has 0 radical (unpaired) electrons. The second-order valence-corrected chi connectivity index (χ2v) is 2.60. The molecule has 2 N–H and O–H groups in total. The number of alkyl halides is 2. The number of rotatable bonds is 4. The molecule has 74 valence electrons. The molecule has 0 aromatic carbocycles. The fraction of sp³-hybridized carbons (Fsp3) is 0.500. The lowest BCUT2D eigenvalue weighted by molar-refractivity contribution is 0.104. The first-order valence-corrected chi connectivity index (χ1v) is 3.75. The largest absolute Gasteiger partial charge is 0.467 e. The molecule has 1 aromatic heterocycles. The maximum absolute atomic E-state index is 12.2. The van der Waals surface area contributed by atoms with Gasteiger partial charge in [-0.15, -0.1) is 0 Å². The van der Waals surface area contributed by atoms with Gasteiger partial charge in [-0.2, -0.15) is 0 Å². The monoisotopic (exact) mass is 191 g/mol. The third-order valence-corrected chi connectivity index (χ3v) is 1.65. The van der Waals surface area contributed by atoms with E-state index in [0.29, 0.717) is 5.56 Å². The molecule has 0 spiro atoms. The summed E-state index contributed by atoms with van der Waals surface area (Å²) in [6, 6.07) is 0.196. The first-order valence-electron chi connectivity index (χ1n) is 3.75. The topological polar surface area (TPSA) is 48.4 Å². The molecule has 13 heavy (non-hydrogen) atoms. The van der Waals surface area contributed by atoms with Crippen molar-refractivity contribution in [1.82, 2.24) is 0 Å². The normalized spacial score (nSPS) is 13.6. The van der Waals surface area contributed by atoms with E-state index in [1.807, 2.05) is 0 Å². The molecule has 0 bridgehead atoms. The second kappa shape index (κ2) is 4.34. The molecule has 0 saturated carbocycles. The molecule has 0 aliphatic rings. The summed E-state index contributed by atoms with van der Waals surface area (Å²) in [6.07, 6.45) is -1.30. The highest BCUT2D eigenvalue weighted by molar-refractivity contribution is 5.19. The van der Waals surface area contributed by atoms with Crippen molar-refractivity contribution in [3.05, 3.63) is 23.7 Å². The molecule has 1 aromatic rings. The minimum Gasteiger partial charge on any atom is -0.467 e. The molecule has 0 amide bonds. The minimum absolute atomic E-state index is 0.0943. The summed E-state index contributed by atoms with van der Waals surface area (Å²) in [5, 5.41) is 0. The zero-order valence-electron chi connectivity index (χ0n) is 7.17. The van der Waals surface area contributed by atoms with Gasteiger partial charge in [0.1, 0.15) is 11.8 Å². The lowest BCUT2D eigenvalue weighted by Crippen LogP contribution is -2.19. The maximum Gasteiger partial charge on any atom is 0.260 e. The summed E-state index contributed by atoms with van der Waals surface area (Å²) in [7, 11) is 1.48. The Kier molecular flexibility index (Phi) is 3.39. The van der Waals surface area contributed by atoms with Gasteiger partial charge in [-0.05, 0) is 6.07 Å². The molecular formula is C8H11F2NO2. The van der Waals surface area contributed by atoms with E-state index in [1.165, 1.54) is 13.4 Å². The highest BCUT2D eigenvalue weighted by Gasteiger charge is 2.23. The lowest BCUT2D eigenvalue weighted by Gasteiger charge is -2.09. The van der Waals surface area contributed by atoms with Crippen molar-refractivity contribution in [2.45, 2.75) is 19.1 Å². The first kappa shape index (κ1) is 10.1. The van der Waals surface area contributed by atoms with Crippen LogP contribution in [0.3, 0.4) is 0 Å². The molecule has 1 heterocycles. The number of hydrogen-bond donors (Lipinski definition) is 1. The Balaban J connectivity index is 2.80. The Hall–Kier alpha value is -0.940.